The second-order valence-electron chi connectivity index (χ2n) is 4.15. The molecule has 0 radical (unpaired) electrons. The molecule has 0 aliphatic carbocycles. The van der Waals surface area contributed by atoms with E-state index in [-0.39, 0.29) is 17.5 Å². The van der Waals surface area contributed by atoms with E-state index in [0.29, 0.717) is 26.2 Å². The number of hydrogen-bond donors (Lipinski definition) is 1. The van der Waals surface area contributed by atoms with Crippen LogP contribution in [0.1, 0.15) is 6.92 Å². The van der Waals surface area contributed by atoms with Crippen molar-refractivity contribution in [1.29, 1.82) is 0 Å². The third kappa shape index (κ3) is 2.34. The number of amides is 1. The molecule has 0 saturated carbocycles. The van der Waals surface area contributed by atoms with E-state index >= 15 is 0 Å². The van der Waals surface area contributed by atoms with Crippen molar-refractivity contribution in [3.63, 3.8) is 0 Å². The number of halogens is 2. The average molecular weight is 256 g/mol. The second kappa shape index (κ2) is 4.75. The molecule has 5 nitrogen and oxygen atoms in total. The Labute approximate surface area is 103 Å². The van der Waals surface area contributed by atoms with Gasteiger partial charge in [0.1, 0.15) is 0 Å². The third-order valence-corrected chi connectivity index (χ3v) is 2.96. The molecule has 0 unspecified atom stereocenters. The topological polar surface area (TPSA) is 62.5 Å². The molecule has 0 aromatic carbocycles. The van der Waals surface area contributed by atoms with Crippen LogP contribution in [-0.4, -0.2) is 42.0 Å². The zero-order valence-corrected chi connectivity index (χ0v) is 9.99. The van der Waals surface area contributed by atoms with Gasteiger partial charge in [-0.05, 0) is 0 Å². The monoisotopic (exact) mass is 256 g/mol. The summed E-state index contributed by atoms with van der Waals surface area (Å²) in [5, 5.41) is 0. The van der Waals surface area contributed by atoms with Gasteiger partial charge in [0.05, 0.1) is 0 Å². The highest BCUT2D eigenvalue weighted by Crippen LogP contribution is 2.21. The molecule has 18 heavy (non-hydrogen) atoms. The number of nitrogens with zero attached hydrogens (tertiary/aromatic N) is 3. The Morgan fingerprint density at radius 1 is 1.28 bits per heavy atom. The molecule has 0 atom stereocenters. The van der Waals surface area contributed by atoms with E-state index in [1.165, 1.54) is 6.92 Å². The summed E-state index contributed by atoms with van der Waals surface area (Å²) in [7, 11) is 0. The predicted molar refractivity (Wildman–Crippen MR) is 63.0 cm³/mol. The van der Waals surface area contributed by atoms with Crippen LogP contribution in [0.5, 0.6) is 0 Å². The first-order valence-corrected chi connectivity index (χ1v) is 5.61. The van der Waals surface area contributed by atoms with E-state index in [2.05, 4.69) is 4.98 Å². The number of hydrogen-bond acceptors (Lipinski definition) is 4. The second-order valence-corrected chi connectivity index (χ2v) is 4.15. The van der Waals surface area contributed by atoms with Crippen LogP contribution in [0.25, 0.3) is 0 Å². The predicted octanol–water partition coefficient (Wildman–Crippen LogP) is 0.611. The number of piperazine rings is 1. The van der Waals surface area contributed by atoms with Crippen LogP contribution in [0.2, 0.25) is 0 Å². The lowest BCUT2D eigenvalue weighted by Gasteiger charge is -2.35. The van der Waals surface area contributed by atoms with Crippen molar-refractivity contribution in [3.05, 3.63) is 17.7 Å². The minimum absolute atomic E-state index is 0.0123. The number of nitrogen functional groups attached to an aromatic ring is 1. The van der Waals surface area contributed by atoms with Gasteiger partial charge in [0.25, 0.3) is 0 Å². The largest absolute Gasteiger partial charge is 0.381 e. The van der Waals surface area contributed by atoms with Crippen molar-refractivity contribution < 1.29 is 13.6 Å². The van der Waals surface area contributed by atoms with Crippen molar-refractivity contribution in [2.75, 3.05) is 36.8 Å². The van der Waals surface area contributed by atoms with Gasteiger partial charge in [-0.3, -0.25) is 4.79 Å². The first-order valence-electron chi connectivity index (χ1n) is 5.61. The molecule has 1 amide bonds. The fourth-order valence-corrected chi connectivity index (χ4v) is 1.93. The Morgan fingerprint density at radius 3 is 2.44 bits per heavy atom. The highest BCUT2D eigenvalue weighted by atomic mass is 19.1. The normalized spacial score (nSPS) is 15.9. The fraction of sp³-hybridized carbons (Fsp3) is 0.455. The van der Waals surface area contributed by atoms with Crippen LogP contribution in [-0.2, 0) is 4.79 Å². The summed E-state index contributed by atoms with van der Waals surface area (Å²) in [6.45, 7) is 3.38. The minimum atomic E-state index is -0.862. The van der Waals surface area contributed by atoms with Crippen LogP contribution >= 0.6 is 0 Å². The maximum Gasteiger partial charge on any atom is 0.219 e. The molecule has 7 heteroatoms. The number of aromatic nitrogens is 1. The Morgan fingerprint density at radius 2 is 1.89 bits per heavy atom. The van der Waals surface area contributed by atoms with Gasteiger partial charge in [0.15, 0.2) is 23.3 Å². The van der Waals surface area contributed by atoms with E-state index in [9.17, 15) is 13.6 Å². The molecule has 1 saturated heterocycles. The Kier molecular flexibility index (Phi) is 3.31. The lowest BCUT2D eigenvalue weighted by Crippen LogP contribution is -2.48. The molecule has 0 spiro atoms. The summed E-state index contributed by atoms with van der Waals surface area (Å²) in [5.41, 5.74) is 5.33. The number of anilines is 2. The summed E-state index contributed by atoms with van der Waals surface area (Å²) in [4.78, 5) is 18.2. The van der Waals surface area contributed by atoms with E-state index in [0.717, 1.165) is 6.07 Å². The van der Waals surface area contributed by atoms with Crippen molar-refractivity contribution in [2.45, 2.75) is 6.92 Å². The van der Waals surface area contributed by atoms with Crippen molar-refractivity contribution in [3.8, 4) is 0 Å². The standard InChI is InChI=1S/C11H14F2N4O/c1-7(18)16-2-4-17(5-3-16)11-9(13)6-8(12)10(14)15-11/h6H,2-5H2,1H3,(H2,14,15). The quantitative estimate of drug-likeness (QED) is 0.799. The molecule has 2 rings (SSSR count). The molecule has 2 N–H and O–H groups in total. The molecular weight excluding hydrogens is 242 g/mol. The highest BCUT2D eigenvalue weighted by Gasteiger charge is 2.22. The summed E-state index contributed by atoms with van der Waals surface area (Å²) in [6, 6.07) is 0.731. The first-order chi connectivity index (χ1) is 8.49. The molecule has 1 aliphatic heterocycles. The number of nitrogens with two attached hydrogens (primary N) is 1. The maximum absolute atomic E-state index is 13.6. The molecular formula is C11H14F2N4O. The number of rotatable bonds is 1. The van der Waals surface area contributed by atoms with Crippen LogP contribution in [0.15, 0.2) is 6.07 Å². The summed E-state index contributed by atoms with van der Waals surface area (Å²) in [6.07, 6.45) is 0. The SMILES string of the molecule is CC(=O)N1CCN(c2nc(N)c(F)cc2F)CC1. The molecule has 1 fully saturated rings. The molecule has 1 aromatic rings. The zero-order chi connectivity index (χ0) is 13.3. The molecule has 98 valence electrons. The van der Waals surface area contributed by atoms with E-state index < -0.39 is 11.6 Å². The van der Waals surface area contributed by atoms with E-state index in [1.54, 1.807) is 9.80 Å². The van der Waals surface area contributed by atoms with E-state index in [4.69, 9.17) is 5.73 Å². The molecule has 1 aromatic heterocycles. The first kappa shape index (κ1) is 12.5. The van der Waals surface area contributed by atoms with Gasteiger partial charge in [-0.2, -0.15) is 0 Å². The van der Waals surface area contributed by atoms with E-state index in [1.807, 2.05) is 0 Å². The Bertz CT molecular complexity index is 472. The number of pyridine rings is 1. The fourth-order valence-electron chi connectivity index (χ4n) is 1.93. The lowest BCUT2D eigenvalue weighted by molar-refractivity contribution is -0.129. The Hall–Kier alpha value is -1.92. The minimum Gasteiger partial charge on any atom is -0.381 e. The van der Waals surface area contributed by atoms with Crippen LogP contribution in [0.3, 0.4) is 0 Å². The summed E-state index contributed by atoms with van der Waals surface area (Å²) < 4.78 is 26.6. The van der Waals surface area contributed by atoms with Crippen molar-refractivity contribution in [2.24, 2.45) is 0 Å². The molecule has 2 heterocycles. The van der Waals surface area contributed by atoms with Gasteiger partial charge >= 0.3 is 0 Å². The van der Waals surface area contributed by atoms with Crippen LogP contribution < -0.4 is 10.6 Å². The molecule has 0 bridgehead atoms. The summed E-state index contributed by atoms with van der Waals surface area (Å²) in [5.74, 6) is -1.89. The van der Waals surface area contributed by atoms with Crippen LogP contribution in [0, 0.1) is 11.6 Å². The van der Waals surface area contributed by atoms with Crippen molar-refractivity contribution in [1.82, 2.24) is 9.88 Å². The van der Waals surface area contributed by atoms with Crippen molar-refractivity contribution >= 4 is 17.5 Å². The smallest absolute Gasteiger partial charge is 0.219 e. The highest BCUT2D eigenvalue weighted by molar-refractivity contribution is 5.73. The third-order valence-electron chi connectivity index (χ3n) is 2.96. The van der Waals surface area contributed by atoms with Gasteiger partial charge in [-0.25, -0.2) is 13.8 Å². The van der Waals surface area contributed by atoms with Gasteiger partial charge in [-0.15, -0.1) is 0 Å². The summed E-state index contributed by atoms with van der Waals surface area (Å²) >= 11 is 0. The van der Waals surface area contributed by atoms with Crippen LogP contribution in [0.4, 0.5) is 20.4 Å². The number of carbonyl (C=O) groups is 1. The lowest BCUT2D eigenvalue weighted by atomic mass is 10.3. The van der Waals surface area contributed by atoms with Gasteiger partial charge in [0, 0.05) is 39.2 Å². The van der Waals surface area contributed by atoms with Gasteiger partial charge < -0.3 is 15.5 Å². The molecule has 1 aliphatic rings. The van der Waals surface area contributed by atoms with Gasteiger partial charge in [-0.1, -0.05) is 0 Å². The maximum atomic E-state index is 13.6. The Balaban J connectivity index is 2.15. The number of carbonyl (C=O) groups excluding carboxylic acids is 1. The van der Waals surface area contributed by atoms with Gasteiger partial charge in [0.2, 0.25) is 5.91 Å². The average Bonchev–Trinajstić information content (AvgIpc) is 2.34. The zero-order valence-electron chi connectivity index (χ0n) is 9.99.